The Labute approximate surface area is 102 Å². The number of carbonyl (C=O) groups excluding carboxylic acids is 1. The molecule has 0 aliphatic carbocycles. The largest absolute Gasteiger partial charge is 0.366 e. The van der Waals surface area contributed by atoms with Gasteiger partial charge in [0, 0.05) is 17.7 Å². The summed E-state index contributed by atoms with van der Waals surface area (Å²) in [4.78, 5) is 33.6. The van der Waals surface area contributed by atoms with E-state index in [0.717, 1.165) is 0 Å². The second-order valence-electron chi connectivity index (χ2n) is 3.80. The Balaban J connectivity index is 2.37. The molecule has 0 saturated heterocycles. The van der Waals surface area contributed by atoms with E-state index in [0.29, 0.717) is 11.1 Å². The number of primary amides is 1. The van der Waals surface area contributed by atoms with Crippen molar-refractivity contribution in [3.8, 4) is 0 Å². The van der Waals surface area contributed by atoms with Gasteiger partial charge < -0.3 is 5.73 Å². The van der Waals surface area contributed by atoms with E-state index in [4.69, 9.17) is 5.73 Å². The van der Waals surface area contributed by atoms with Crippen LogP contribution in [0.3, 0.4) is 0 Å². The summed E-state index contributed by atoms with van der Waals surface area (Å²) >= 11 is 0. The van der Waals surface area contributed by atoms with Crippen LogP contribution in [-0.4, -0.2) is 15.7 Å². The van der Waals surface area contributed by atoms with Crippen LogP contribution < -0.4 is 16.9 Å². The SMILES string of the molecule is NC(=O)c1cccc(Cn2[nH]c(=O)ccc2=O)c1. The van der Waals surface area contributed by atoms with Gasteiger partial charge in [0.2, 0.25) is 5.91 Å². The highest BCUT2D eigenvalue weighted by molar-refractivity contribution is 5.92. The van der Waals surface area contributed by atoms with Gasteiger partial charge in [-0.3, -0.25) is 19.5 Å². The van der Waals surface area contributed by atoms with Crippen molar-refractivity contribution in [3.63, 3.8) is 0 Å². The topological polar surface area (TPSA) is 97.9 Å². The first kappa shape index (κ1) is 11.8. The number of hydrogen-bond acceptors (Lipinski definition) is 3. The van der Waals surface area contributed by atoms with Gasteiger partial charge in [0.05, 0.1) is 6.54 Å². The zero-order chi connectivity index (χ0) is 13.1. The molecule has 0 saturated carbocycles. The van der Waals surface area contributed by atoms with Crippen molar-refractivity contribution in [3.05, 3.63) is 68.2 Å². The van der Waals surface area contributed by atoms with Crippen molar-refractivity contribution in [2.75, 3.05) is 0 Å². The summed E-state index contributed by atoms with van der Waals surface area (Å²) in [5.41, 5.74) is 5.55. The average molecular weight is 245 g/mol. The van der Waals surface area contributed by atoms with E-state index < -0.39 is 5.91 Å². The highest BCUT2D eigenvalue weighted by atomic mass is 16.2. The number of hydrogen-bond donors (Lipinski definition) is 2. The summed E-state index contributed by atoms with van der Waals surface area (Å²) in [6.07, 6.45) is 0. The lowest BCUT2D eigenvalue weighted by molar-refractivity contribution is 0.1000. The second kappa shape index (κ2) is 4.70. The molecule has 92 valence electrons. The Morgan fingerprint density at radius 2 is 2.00 bits per heavy atom. The first-order valence-corrected chi connectivity index (χ1v) is 5.25. The van der Waals surface area contributed by atoms with Crippen LogP contribution in [0.4, 0.5) is 0 Å². The monoisotopic (exact) mass is 245 g/mol. The second-order valence-corrected chi connectivity index (χ2v) is 3.80. The molecule has 0 aliphatic heterocycles. The number of aromatic nitrogens is 2. The van der Waals surface area contributed by atoms with Gasteiger partial charge in [-0.2, -0.15) is 0 Å². The molecule has 1 amide bonds. The Morgan fingerprint density at radius 3 is 2.72 bits per heavy atom. The average Bonchev–Trinajstić information content (AvgIpc) is 2.34. The third-order valence-electron chi connectivity index (χ3n) is 2.44. The van der Waals surface area contributed by atoms with Crippen LogP contribution >= 0.6 is 0 Å². The van der Waals surface area contributed by atoms with E-state index in [1.54, 1.807) is 24.3 Å². The fourth-order valence-electron chi connectivity index (χ4n) is 1.59. The molecular formula is C12H11N3O3. The van der Waals surface area contributed by atoms with Crippen molar-refractivity contribution in [1.29, 1.82) is 0 Å². The molecule has 6 nitrogen and oxygen atoms in total. The maximum atomic E-state index is 11.5. The molecule has 0 spiro atoms. The van der Waals surface area contributed by atoms with Gasteiger partial charge in [-0.1, -0.05) is 12.1 Å². The Morgan fingerprint density at radius 1 is 1.22 bits per heavy atom. The normalized spacial score (nSPS) is 10.2. The van der Waals surface area contributed by atoms with E-state index in [9.17, 15) is 14.4 Å². The molecule has 1 heterocycles. The van der Waals surface area contributed by atoms with Crippen molar-refractivity contribution in [2.45, 2.75) is 6.54 Å². The quantitative estimate of drug-likeness (QED) is 0.775. The summed E-state index contributed by atoms with van der Waals surface area (Å²) in [5.74, 6) is -0.536. The van der Waals surface area contributed by atoms with Crippen molar-refractivity contribution < 1.29 is 4.79 Å². The minimum Gasteiger partial charge on any atom is -0.366 e. The lowest BCUT2D eigenvalue weighted by Crippen LogP contribution is -2.28. The smallest absolute Gasteiger partial charge is 0.265 e. The van der Waals surface area contributed by atoms with Crippen molar-refractivity contribution >= 4 is 5.91 Å². The first-order valence-electron chi connectivity index (χ1n) is 5.25. The number of nitrogens with one attached hydrogen (secondary N) is 1. The maximum absolute atomic E-state index is 11.5. The fraction of sp³-hybridized carbons (Fsp3) is 0.0833. The highest BCUT2D eigenvalue weighted by Crippen LogP contribution is 2.05. The van der Waals surface area contributed by atoms with Gasteiger partial charge in [-0.15, -0.1) is 0 Å². The molecule has 1 aromatic carbocycles. The van der Waals surface area contributed by atoms with E-state index in [1.807, 2.05) is 0 Å². The van der Waals surface area contributed by atoms with Gasteiger partial charge >= 0.3 is 0 Å². The van der Waals surface area contributed by atoms with Gasteiger partial charge in [0.15, 0.2) is 0 Å². The summed E-state index contributed by atoms with van der Waals surface area (Å²) in [7, 11) is 0. The summed E-state index contributed by atoms with van der Waals surface area (Å²) in [5, 5.41) is 2.41. The molecule has 2 rings (SSSR count). The van der Waals surface area contributed by atoms with Crippen LogP contribution in [0.5, 0.6) is 0 Å². The number of benzene rings is 1. The zero-order valence-corrected chi connectivity index (χ0v) is 9.42. The Bertz CT molecular complexity index is 700. The van der Waals surface area contributed by atoms with Crippen LogP contribution in [0.15, 0.2) is 46.0 Å². The molecule has 0 atom stereocenters. The number of nitrogens with two attached hydrogens (primary N) is 1. The molecule has 0 bridgehead atoms. The molecule has 0 radical (unpaired) electrons. The summed E-state index contributed by atoms with van der Waals surface area (Å²) in [6.45, 7) is 0.177. The lowest BCUT2D eigenvalue weighted by Gasteiger charge is -2.05. The first-order chi connectivity index (χ1) is 8.56. The molecule has 18 heavy (non-hydrogen) atoms. The molecule has 0 aliphatic rings. The van der Waals surface area contributed by atoms with Crippen molar-refractivity contribution in [1.82, 2.24) is 9.78 Å². The lowest BCUT2D eigenvalue weighted by atomic mass is 10.1. The molecule has 0 fully saturated rings. The number of nitrogens with zero attached hydrogens (tertiary/aromatic N) is 1. The van der Waals surface area contributed by atoms with Crippen LogP contribution in [0.25, 0.3) is 0 Å². The molecule has 1 aromatic heterocycles. The molecule has 2 aromatic rings. The van der Waals surface area contributed by atoms with E-state index >= 15 is 0 Å². The predicted molar refractivity (Wildman–Crippen MR) is 65.4 cm³/mol. The molecule has 6 heteroatoms. The van der Waals surface area contributed by atoms with Gasteiger partial charge in [0.25, 0.3) is 11.1 Å². The van der Waals surface area contributed by atoms with E-state index in [1.165, 1.54) is 16.8 Å². The Hall–Kier alpha value is -2.63. The Kier molecular flexibility index (Phi) is 3.09. The minimum atomic E-state index is -0.536. The summed E-state index contributed by atoms with van der Waals surface area (Å²) in [6, 6.07) is 8.93. The minimum absolute atomic E-state index is 0.177. The number of rotatable bonds is 3. The number of amides is 1. The zero-order valence-electron chi connectivity index (χ0n) is 9.42. The van der Waals surface area contributed by atoms with E-state index in [-0.39, 0.29) is 17.7 Å². The van der Waals surface area contributed by atoms with Gasteiger partial charge in [-0.25, -0.2) is 4.68 Å². The molecular weight excluding hydrogens is 234 g/mol. The third kappa shape index (κ3) is 2.54. The molecule has 0 unspecified atom stereocenters. The van der Waals surface area contributed by atoms with Crippen LogP contribution in [-0.2, 0) is 6.54 Å². The highest BCUT2D eigenvalue weighted by Gasteiger charge is 2.03. The number of aromatic amines is 1. The van der Waals surface area contributed by atoms with Crippen LogP contribution in [0.2, 0.25) is 0 Å². The fourth-order valence-corrected chi connectivity index (χ4v) is 1.59. The van der Waals surface area contributed by atoms with Gasteiger partial charge in [-0.05, 0) is 17.7 Å². The molecule has 3 N–H and O–H groups in total. The van der Waals surface area contributed by atoms with Crippen LogP contribution in [0.1, 0.15) is 15.9 Å². The third-order valence-corrected chi connectivity index (χ3v) is 2.44. The van der Waals surface area contributed by atoms with Crippen LogP contribution in [0, 0.1) is 0 Å². The van der Waals surface area contributed by atoms with Crippen molar-refractivity contribution in [2.24, 2.45) is 5.73 Å². The van der Waals surface area contributed by atoms with Gasteiger partial charge in [0.1, 0.15) is 0 Å². The van der Waals surface area contributed by atoms with E-state index in [2.05, 4.69) is 5.10 Å². The number of carbonyl (C=O) groups is 1. The number of H-pyrrole nitrogens is 1. The predicted octanol–water partition coefficient (Wildman–Crippen LogP) is -0.316. The standard InChI is InChI=1S/C12H11N3O3/c13-12(18)9-3-1-2-8(6-9)7-15-11(17)5-4-10(16)14-15/h1-6H,7H2,(H2,13,18)(H,14,16). The summed E-state index contributed by atoms with van der Waals surface area (Å²) < 4.78 is 1.17. The maximum Gasteiger partial charge on any atom is 0.265 e.